The number of anilines is 1. The summed E-state index contributed by atoms with van der Waals surface area (Å²) in [5.41, 5.74) is 0.131. The van der Waals surface area contributed by atoms with Crippen molar-refractivity contribution in [3.05, 3.63) is 64.5 Å². The summed E-state index contributed by atoms with van der Waals surface area (Å²) < 4.78 is 39.3. The number of nitro benzene ring substituents is 1. The van der Waals surface area contributed by atoms with Crippen LogP contribution >= 0.6 is 0 Å². The van der Waals surface area contributed by atoms with E-state index in [1.807, 2.05) is 0 Å². The molecule has 2 rings (SSSR count). The fourth-order valence-electron chi connectivity index (χ4n) is 1.97. The average molecular weight is 324 g/mol. The van der Waals surface area contributed by atoms with E-state index in [0.717, 1.165) is 16.4 Å². The molecule has 0 aliphatic heterocycles. The summed E-state index contributed by atoms with van der Waals surface area (Å²) in [6, 6.07) is 9.69. The lowest BCUT2D eigenvalue weighted by atomic mass is 10.3. The Morgan fingerprint density at radius 2 is 1.64 bits per heavy atom. The maximum Gasteiger partial charge on any atom is 0.269 e. The molecule has 0 saturated heterocycles. The second-order valence-electron chi connectivity index (χ2n) is 4.40. The van der Waals surface area contributed by atoms with E-state index < -0.39 is 20.8 Å². The molecule has 8 heteroatoms. The molecule has 2 aromatic carbocycles. The van der Waals surface area contributed by atoms with Crippen LogP contribution < -0.4 is 4.31 Å². The molecule has 0 atom stereocenters. The van der Waals surface area contributed by atoms with Crippen LogP contribution in [0.4, 0.5) is 15.8 Å². The monoisotopic (exact) mass is 324 g/mol. The lowest BCUT2D eigenvalue weighted by molar-refractivity contribution is -0.384. The normalized spacial score (nSPS) is 11.2. The molecule has 0 N–H and O–H groups in total. The summed E-state index contributed by atoms with van der Waals surface area (Å²) in [7, 11) is -3.87. The van der Waals surface area contributed by atoms with E-state index >= 15 is 0 Å². The van der Waals surface area contributed by atoms with Crippen LogP contribution in [0, 0.1) is 15.9 Å². The summed E-state index contributed by atoms with van der Waals surface area (Å²) in [5.74, 6) is -0.465. The van der Waals surface area contributed by atoms with Crippen molar-refractivity contribution in [1.29, 1.82) is 0 Å². The zero-order valence-electron chi connectivity index (χ0n) is 11.6. The number of benzene rings is 2. The molecule has 0 radical (unpaired) electrons. The van der Waals surface area contributed by atoms with Gasteiger partial charge in [0, 0.05) is 18.7 Å². The second kappa shape index (κ2) is 6.10. The molecule has 0 aliphatic carbocycles. The first-order valence-corrected chi connectivity index (χ1v) is 7.83. The molecule has 0 bridgehead atoms. The van der Waals surface area contributed by atoms with Gasteiger partial charge in [0.1, 0.15) is 5.82 Å². The SMILES string of the molecule is CCN(c1ccc(F)cc1)S(=O)(=O)c1ccc([N+](=O)[O-])cc1. The summed E-state index contributed by atoms with van der Waals surface area (Å²) in [4.78, 5) is 9.95. The first-order valence-electron chi connectivity index (χ1n) is 6.39. The van der Waals surface area contributed by atoms with E-state index in [9.17, 15) is 22.9 Å². The van der Waals surface area contributed by atoms with Gasteiger partial charge in [0.2, 0.25) is 0 Å². The van der Waals surface area contributed by atoms with Gasteiger partial charge in [-0.25, -0.2) is 12.8 Å². The minimum Gasteiger partial charge on any atom is -0.267 e. The molecule has 0 unspecified atom stereocenters. The van der Waals surface area contributed by atoms with E-state index in [0.29, 0.717) is 5.69 Å². The van der Waals surface area contributed by atoms with Crippen LogP contribution in [0.3, 0.4) is 0 Å². The zero-order valence-corrected chi connectivity index (χ0v) is 12.5. The molecule has 22 heavy (non-hydrogen) atoms. The molecule has 0 heterocycles. The molecule has 0 aliphatic rings. The van der Waals surface area contributed by atoms with Crippen molar-refractivity contribution in [3.63, 3.8) is 0 Å². The lowest BCUT2D eigenvalue weighted by Gasteiger charge is -2.22. The van der Waals surface area contributed by atoms with Gasteiger partial charge < -0.3 is 0 Å². The number of nitrogens with zero attached hydrogens (tertiary/aromatic N) is 2. The van der Waals surface area contributed by atoms with Gasteiger partial charge in [-0.1, -0.05) is 0 Å². The highest BCUT2D eigenvalue weighted by atomic mass is 32.2. The summed E-state index contributed by atoms with van der Waals surface area (Å²) in [6.07, 6.45) is 0. The first-order chi connectivity index (χ1) is 10.4. The van der Waals surface area contributed by atoms with Crippen LogP contribution in [-0.4, -0.2) is 19.9 Å². The van der Waals surface area contributed by atoms with Crippen molar-refractivity contribution in [3.8, 4) is 0 Å². The Morgan fingerprint density at radius 1 is 1.09 bits per heavy atom. The Balaban J connectivity index is 2.42. The van der Waals surface area contributed by atoms with Crippen LogP contribution in [0.15, 0.2) is 53.4 Å². The molecular formula is C14H13FN2O4S. The molecule has 0 fully saturated rings. The lowest BCUT2D eigenvalue weighted by Crippen LogP contribution is -2.30. The summed E-state index contributed by atoms with van der Waals surface area (Å²) in [6.45, 7) is 1.79. The number of sulfonamides is 1. The number of halogens is 1. The molecule has 2 aromatic rings. The van der Waals surface area contributed by atoms with Crippen LogP contribution in [0.1, 0.15) is 6.92 Å². The third-order valence-corrected chi connectivity index (χ3v) is 4.95. The van der Waals surface area contributed by atoms with Crippen molar-refractivity contribution >= 4 is 21.4 Å². The molecule has 6 nitrogen and oxygen atoms in total. The van der Waals surface area contributed by atoms with Crippen LogP contribution in [0.5, 0.6) is 0 Å². The van der Waals surface area contributed by atoms with Gasteiger partial charge in [-0.3, -0.25) is 14.4 Å². The maximum atomic E-state index is 13.0. The fourth-order valence-corrected chi connectivity index (χ4v) is 3.44. The van der Waals surface area contributed by atoms with E-state index in [4.69, 9.17) is 0 Å². The maximum absolute atomic E-state index is 13.0. The van der Waals surface area contributed by atoms with Crippen molar-refractivity contribution in [1.82, 2.24) is 0 Å². The predicted octanol–water partition coefficient (Wildman–Crippen LogP) is 2.95. The van der Waals surface area contributed by atoms with E-state index in [1.165, 1.54) is 36.4 Å². The van der Waals surface area contributed by atoms with E-state index in [1.54, 1.807) is 6.92 Å². The Labute approximate surface area is 127 Å². The number of hydrogen-bond donors (Lipinski definition) is 0. The Bertz CT molecular complexity index is 773. The van der Waals surface area contributed by atoms with Gasteiger partial charge in [0.15, 0.2) is 0 Å². The van der Waals surface area contributed by atoms with E-state index in [2.05, 4.69) is 0 Å². The van der Waals surface area contributed by atoms with Crippen LogP contribution in [0.25, 0.3) is 0 Å². The molecule has 0 aromatic heterocycles. The molecule has 0 saturated carbocycles. The summed E-state index contributed by atoms with van der Waals surface area (Å²) >= 11 is 0. The van der Waals surface area contributed by atoms with Crippen LogP contribution in [-0.2, 0) is 10.0 Å². The van der Waals surface area contributed by atoms with Crippen molar-refractivity contribution < 1.29 is 17.7 Å². The quantitative estimate of drug-likeness (QED) is 0.625. The Morgan fingerprint density at radius 3 is 2.09 bits per heavy atom. The second-order valence-corrected chi connectivity index (χ2v) is 6.26. The average Bonchev–Trinajstić information content (AvgIpc) is 2.50. The minimum absolute atomic E-state index is 0.0655. The molecule has 116 valence electrons. The molecule has 0 amide bonds. The third-order valence-electron chi connectivity index (χ3n) is 3.04. The van der Waals surface area contributed by atoms with Gasteiger partial charge in [0.25, 0.3) is 15.7 Å². The Hall–Kier alpha value is -2.48. The zero-order chi connectivity index (χ0) is 16.3. The van der Waals surface area contributed by atoms with Crippen molar-refractivity contribution in [2.75, 3.05) is 10.8 Å². The minimum atomic E-state index is -3.87. The van der Waals surface area contributed by atoms with Gasteiger partial charge in [-0.15, -0.1) is 0 Å². The van der Waals surface area contributed by atoms with Gasteiger partial charge in [0.05, 0.1) is 15.5 Å². The number of rotatable bonds is 5. The van der Waals surface area contributed by atoms with Crippen LogP contribution in [0.2, 0.25) is 0 Å². The highest BCUT2D eigenvalue weighted by Crippen LogP contribution is 2.25. The third kappa shape index (κ3) is 3.06. The van der Waals surface area contributed by atoms with E-state index in [-0.39, 0.29) is 17.1 Å². The smallest absolute Gasteiger partial charge is 0.267 e. The summed E-state index contributed by atoms with van der Waals surface area (Å²) in [5, 5.41) is 10.6. The molecule has 0 spiro atoms. The number of hydrogen-bond acceptors (Lipinski definition) is 4. The first kappa shape index (κ1) is 15.9. The van der Waals surface area contributed by atoms with Crippen molar-refractivity contribution in [2.45, 2.75) is 11.8 Å². The standard InChI is InChI=1S/C14H13FN2O4S/c1-2-16(12-5-3-11(15)4-6-12)22(20,21)14-9-7-13(8-10-14)17(18)19/h3-10H,2H2,1H3. The topological polar surface area (TPSA) is 80.5 Å². The van der Waals surface area contributed by atoms with Crippen molar-refractivity contribution in [2.24, 2.45) is 0 Å². The highest BCUT2D eigenvalue weighted by molar-refractivity contribution is 7.92. The number of non-ortho nitro benzene ring substituents is 1. The van der Waals surface area contributed by atoms with Gasteiger partial charge >= 0.3 is 0 Å². The van der Waals surface area contributed by atoms with Gasteiger partial charge in [-0.2, -0.15) is 0 Å². The Kier molecular flexibility index (Phi) is 4.41. The highest BCUT2D eigenvalue weighted by Gasteiger charge is 2.24. The number of nitro groups is 1. The van der Waals surface area contributed by atoms with Gasteiger partial charge in [-0.05, 0) is 43.3 Å². The predicted molar refractivity (Wildman–Crippen MR) is 79.7 cm³/mol. The largest absolute Gasteiger partial charge is 0.269 e. The molecular weight excluding hydrogens is 311 g/mol. The fraction of sp³-hybridized carbons (Fsp3) is 0.143.